The van der Waals surface area contributed by atoms with Crippen LogP contribution in [0.4, 0.5) is 36.6 Å². The minimum Gasteiger partial charge on any atom is -0.383 e. The number of nitrogen functional groups attached to an aromatic ring is 1. The van der Waals surface area contributed by atoms with E-state index in [9.17, 15) is 30.7 Å². The molecule has 0 radical (unpaired) electrons. The summed E-state index contributed by atoms with van der Waals surface area (Å²) in [5.41, 5.74) is 2.44. The summed E-state index contributed by atoms with van der Waals surface area (Å²) in [4.78, 5) is 0. The smallest absolute Gasteiger partial charge is 0.383 e. The third-order valence-corrected chi connectivity index (χ3v) is 3.74. The van der Waals surface area contributed by atoms with Gasteiger partial charge in [-0.15, -0.1) is 0 Å². The minimum atomic E-state index is -4.93. The van der Waals surface area contributed by atoms with Crippen molar-refractivity contribution in [3.63, 3.8) is 0 Å². The molecule has 0 aliphatic heterocycles. The van der Waals surface area contributed by atoms with E-state index >= 15 is 0 Å². The second-order valence-corrected chi connectivity index (χ2v) is 5.57. The zero-order chi connectivity index (χ0) is 20.0. The second-order valence-electron chi connectivity index (χ2n) is 5.57. The Kier molecular flexibility index (Phi) is 4.37. The van der Waals surface area contributed by atoms with Crippen molar-refractivity contribution in [2.75, 3.05) is 5.73 Å². The Balaban J connectivity index is 2.23. The van der Waals surface area contributed by atoms with Crippen LogP contribution in [0.5, 0.6) is 0 Å². The summed E-state index contributed by atoms with van der Waals surface area (Å²) in [5.74, 6) is -1.19. The Hall–Kier alpha value is -3.04. The molecule has 0 amide bonds. The first kappa shape index (κ1) is 18.7. The van der Waals surface area contributed by atoms with Gasteiger partial charge in [0.05, 0.1) is 16.8 Å². The molecule has 0 aliphatic carbocycles. The van der Waals surface area contributed by atoms with Crippen molar-refractivity contribution in [3.8, 4) is 16.8 Å². The fraction of sp³-hybridized carbons (Fsp3) is 0.118. The number of nitrogens with two attached hydrogens (primary N) is 1. The number of alkyl halides is 6. The fourth-order valence-corrected chi connectivity index (χ4v) is 2.54. The molecule has 0 aliphatic rings. The van der Waals surface area contributed by atoms with E-state index in [1.165, 1.54) is 0 Å². The highest BCUT2D eigenvalue weighted by atomic mass is 19.4. The molecule has 0 atom stereocenters. The van der Waals surface area contributed by atoms with E-state index in [0.717, 1.165) is 42.5 Å². The van der Waals surface area contributed by atoms with Crippen molar-refractivity contribution in [1.29, 1.82) is 0 Å². The maximum absolute atomic E-state index is 13.4. The molecule has 10 heteroatoms. The lowest BCUT2D eigenvalue weighted by atomic mass is 10.0. The highest BCUT2D eigenvalue weighted by molar-refractivity contribution is 5.78. The molecule has 3 aromatic rings. The number of aromatic nitrogens is 2. The van der Waals surface area contributed by atoms with Gasteiger partial charge in [-0.1, -0.05) is 18.2 Å². The van der Waals surface area contributed by atoms with Crippen LogP contribution in [0.25, 0.3) is 16.8 Å². The Morgan fingerprint density at radius 3 is 2.04 bits per heavy atom. The van der Waals surface area contributed by atoms with Crippen LogP contribution in [0.1, 0.15) is 11.3 Å². The van der Waals surface area contributed by atoms with Gasteiger partial charge in [-0.05, 0) is 35.9 Å². The Morgan fingerprint density at radius 2 is 1.48 bits per heavy atom. The van der Waals surface area contributed by atoms with E-state index in [1.54, 1.807) is 0 Å². The summed E-state index contributed by atoms with van der Waals surface area (Å²) >= 11 is 0. The lowest BCUT2D eigenvalue weighted by molar-refractivity contribution is -0.141. The first-order valence-corrected chi connectivity index (χ1v) is 7.38. The predicted molar refractivity (Wildman–Crippen MR) is 83.4 cm³/mol. The molecule has 0 saturated heterocycles. The Labute approximate surface area is 147 Å². The summed E-state index contributed by atoms with van der Waals surface area (Å²) in [5, 5.41) is 3.38. The van der Waals surface area contributed by atoms with E-state index in [0.29, 0.717) is 10.7 Å². The van der Waals surface area contributed by atoms with Gasteiger partial charge in [-0.2, -0.15) is 31.4 Å². The van der Waals surface area contributed by atoms with Crippen LogP contribution >= 0.6 is 0 Å². The van der Waals surface area contributed by atoms with E-state index in [2.05, 4.69) is 5.10 Å². The number of anilines is 1. The zero-order valence-electron chi connectivity index (χ0n) is 13.2. The maximum atomic E-state index is 13.4. The van der Waals surface area contributed by atoms with Crippen molar-refractivity contribution in [3.05, 3.63) is 65.6 Å². The maximum Gasteiger partial charge on any atom is 0.435 e. The SMILES string of the molecule is Nc1c(-c2ccc(F)cc2)c(C(F)(F)F)nn1-c1cccc(C(F)(F)F)c1. The summed E-state index contributed by atoms with van der Waals surface area (Å²) < 4.78 is 92.5. The highest BCUT2D eigenvalue weighted by Gasteiger charge is 2.40. The number of hydrogen-bond acceptors (Lipinski definition) is 2. The van der Waals surface area contributed by atoms with Crippen LogP contribution in [-0.2, 0) is 12.4 Å². The lowest BCUT2D eigenvalue weighted by Crippen LogP contribution is -2.09. The Morgan fingerprint density at radius 1 is 0.852 bits per heavy atom. The molecule has 3 nitrogen and oxygen atoms in total. The zero-order valence-corrected chi connectivity index (χ0v) is 13.2. The van der Waals surface area contributed by atoms with Gasteiger partial charge in [0.25, 0.3) is 0 Å². The van der Waals surface area contributed by atoms with Gasteiger partial charge in [0, 0.05) is 0 Å². The van der Waals surface area contributed by atoms with Crippen LogP contribution in [0.15, 0.2) is 48.5 Å². The Bertz CT molecular complexity index is 970. The van der Waals surface area contributed by atoms with Gasteiger partial charge in [0.15, 0.2) is 5.69 Å². The van der Waals surface area contributed by atoms with Gasteiger partial charge < -0.3 is 5.73 Å². The van der Waals surface area contributed by atoms with Gasteiger partial charge >= 0.3 is 12.4 Å². The molecule has 27 heavy (non-hydrogen) atoms. The van der Waals surface area contributed by atoms with Gasteiger partial charge in [-0.25, -0.2) is 9.07 Å². The number of benzene rings is 2. The van der Waals surface area contributed by atoms with Gasteiger partial charge in [0.2, 0.25) is 0 Å². The van der Waals surface area contributed by atoms with E-state index in [1.807, 2.05) is 0 Å². The standard InChI is InChI=1S/C17H10F7N3/c18-11-6-4-9(5-7-11)13-14(17(22,23)24)26-27(15(13)25)12-3-1-2-10(8-12)16(19,20)21/h1-8H,25H2. The molecule has 1 heterocycles. The van der Waals surface area contributed by atoms with Crippen LogP contribution in [0.2, 0.25) is 0 Å². The van der Waals surface area contributed by atoms with Gasteiger partial charge in [-0.3, -0.25) is 0 Å². The highest BCUT2D eigenvalue weighted by Crippen LogP contribution is 2.41. The van der Waals surface area contributed by atoms with Crippen molar-refractivity contribution >= 4 is 5.82 Å². The molecular weight excluding hydrogens is 379 g/mol. The number of hydrogen-bond donors (Lipinski definition) is 1. The fourth-order valence-electron chi connectivity index (χ4n) is 2.54. The molecular formula is C17H10F7N3. The topological polar surface area (TPSA) is 43.8 Å². The molecule has 0 saturated carbocycles. The van der Waals surface area contributed by atoms with Crippen molar-refractivity contribution < 1.29 is 30.7 Å². The van der Waals surface area contributed by atoms with Crippen LogP contribution in [-0.4, -0.2) is 9.78 Å². The summed E-state index contributed by atoms with van der Waals surface area (Å²) in [7, 11) is 0. The third kappa shape index (κ3) is 3.60. The summed E-state index contributed by atoms with van der Waals surface area (Å²) in [6, 6.07) is 7.62. The van der Waals surface area contributed by atoms with E-state index in [4.69, 9.17) is 5.73 Å². The summed E-state index contributed by atoms with van der Waals surface area (Å²) in [6.45, 7) is 0. The molecule has 0 fully saturated rings. The van der Waals surface area contributed by atoms with Crippen molar-refractivity contribution in [2.24, 2.45) is 0 Å². The monoisotopic (exact) mass is 389 g/mol. The average molecular weight is 389 g/mol. The molecule has 0 bridgehead atoms. The molecule has 3 rings (SSSR count). The third-order valence-electron chi connectivity index (χ3n) is 3.74. The molecule has 0 spiro atoms. The molecule has 2 N–H and O–H groups in total. The van der Waals surface area contributed by atoms with E-state index in [-0.39, 0.29) is 11.3 Å². The quantitative estimate of drug-likeness (QED) is 0.605. The number of halogens is 7. The average Bonchev–Trinajstić information content (AvgIpc) is 2.93. The van der Waals surface area contributed by atoms with Crippen LogP contribution in [0.3, 0.4) is 0 Å². The van der Waals surface area contributed by atoms with Crippen molar-refractivity contribution in [1.82, 2.24) is 9.78 Å². The number of nitrogens with zero attached hydrogens (tertiary/aromatic N) is 2. The minimum absolute atomic E-state index is 0.0700. The first-order valence-electron chi connectivity index (χ1n) is 7.38. The van der Waals surface area contributed by atoms with Crippen LogP contribution in [0, 0.1) is 5.82 Å². The van der Waals surface area contributed by atoms with Gasteiger partial charge in [0.1, 0.15) is 11.6 Å². The first-order chi connectivity index (χ1) is 12.5. The largest absolute Gasteiger partial charge is 0.435 e. The molecule has 1 aromatic heterocycles. The second kappa shape index (κ2) is 6.29. The lowest BCUT2D eigenvalue weighted by Gasteiger charge is -2.10. The van der Waals surface area contributed by atoms with E-state index < -0.39 is 40.8 Å². The number of rotatable bonds is 2. The molecule has 2 aromatic carbocycles. The van der Waals surface area contributed by atoms with Crippen molar-refractivity contribution in [2.45, 2.75) is 12.4 Å². The normalized spacial score (nSPS) is 12.4. The van der Waals surface area contributed by atoms with Crippen LogP contribution < -0.4 is 5.73 Å². The molecule has 0 unspecified atom stereocenters. The predicted octanol–water partition coefficient (Wildman–Crippen LogP) is 5.30. The summed E-state index contributed by atoms with van der Waals surface area (Å²) in [6.07, 6.45) is -9.62. The molecule has 142 valence electrons.